The zero-order valence-corrected chi connectivity index (χ0v) is 15.3. The first kappa shape index (κ1) is 18.0. The van der Waals surface area contributed by atoms with Crippen LogP contribution in [0.4, 0.5) is 4.39 Å². The largest absolute Gasteiger partial charge is 0.368 e. The Balaban J connectivity index is 0.00000180. The number of aromatic nitrogens is 4. The van der Waals surface area contributed by atoms with Gasteiger partial charge in [-0.15, -0.1) is 17.5 Å². The van der Waals surface area contributed by atoms with E-state index < -0.39 is 0 Å². The van der Waals surface area contributed by atoms with Crippen LogP contribution in [0.3, 0.4) is 0 Å². The number of pyridine rings is 1. The first-order valence-corrected chi connectivity index (χ1v) is 8.71. The van der Waals surface area contributed by atoms with Gasteiger partial charge in [0.2, 0.25) is 0 Å². The van der Waals surface area contributed by atoms with Gasteiger partial charge in [0.05, 0.1) is 24.4 Å². The van der Waals surface area contributed by atoms with Gasteiger partial charge >= 0.3 is 0 Å². The molecule has 5 rings (SSSR count). The van der Waals surface area contributed by atoms with E-state index in [1.807, 2.05) is 28.9 Å². The molecule has 1 saturated heterocycles. The molecule has 8 heteroatoms. The van der Waals surface area contributed by atoms with Gasteiger partial charge in [0, 0.05) is 37.6 Å². The van der Waals surface area contributed by atoms with Crippen molar-refractivity contribution < 1.29 is 9.13 Å². The van der Waals surface area contributed by atoms with E-state index in [2.05, 4.69) is 20.2 Å². The number of likely N-dealkylation sites (tertiary alicyclic amines) is 1. The molecular weight excluding hydrogens is 369 g/mol. The third-order valence-corrected chi connectivity index (χ3v) is 5.13. The number of hydrogen-bond acceptors (Lipinski definition) is 5. The summed E-state index contributed by atoms with van der Waals surface area (Å²) >= 11 is 0. The summed E-state index contributed by atoms with van der Waals surface area (Å²) in [5, 5.41) is 8.81. The lowest BCUT2D eigenvalue weighted by Crippen LogP contribution is -2.32. The van der Waals surface area contributed by atoms with Gasteiger partial charge in [0.1, 0.15) is 11.5 Å². The molecule has 3 aromatic rings. The predicted molar refractivity (Wildman–Crippen MR) is 99.8 cm³/mol. The number of hydrogen-bond donors (Lipinski definition) is 0. The van der Waals surface area contributed by atoms with E-state index in [9.17, 15) is 4.39 Å². The Morgan fingerprint density at radius 3 is 2.63 bits per heavy atom. The van der Waals surface area contributed by atoms with E-state index in [1.165, 1.54) is 12.1 Å². The number of rotatable bonds is 3. The lowest BCUT2D eigenvalue weighted by molar-refractivity contribution is -0.00494. The van der Waals surface area contributed by atoms with Crippen LogP contribution in [0.15, 0.2) is 48.8 Å². The fourth-order valence-corrected chi connectivity index (χ4v) is 3.84. The summed E-state index contributed by atoms with van der Waals surface area (Å²) in [6.45, 7) is 2.97. The maximum Gasteiger partial charge on any atom is 0.123 e. The highest BCUT2D eigenvalue weighted by Crippen LogP contribution is 2.34. The topological polar surface area (TPSA) is 56.1 Å². The number of nitrogens with zero attached hydrogens (tertiary/aromatic N) is 5. The third kappa shape index (κ3) is 3.34. The molecule has 1 aromatic carbocycles. The molecule has 0 unspecified atom stereocenters. The second-order valence-corrected chi connectivity index (χ2v) is 6.80. The maximum atomic E-state index is 13.1. The maximum absolute atomic E-state index is 13.1. The third-order valence-electron chi connectivity index (χ3n) is 5.13. The standard InChI is InChI=1S/C19H18FN5O.ClH/c20-15-3-1-13(2-4-15)9-24-10-16-18(11-24)26-12-17-19(22-23-25(16)17)14-5-7-21-8-6-14;/h1-8,16,18H,9-12H2;1H/t16-,18+;/m1./s1. The molecular formula is C19H19ClFN5O. The lowest BCUT2D eigenvalue weighted by atomic mass is 10.1. The minimum Gasteiger partial charge on any atom is -0.368 e. The van der Waals surface area contributed by atoms with Gasteiger partial charge in [0.15, 0.2) is 0 Å². The summed E-state index contributed by atoms with van der Waals surface area (Å²) in [5.74, 6) is -0.205. The van der Waals surface area contributed by atoms with E-state index in [-0.39, 0.29) is 30.4 Å². The highest BCUT2D eigenvalue weighted by Gasteiger charge is 2.40. The molecule has 1 fully saturated rings. The molecule has 0 aliphatic carbocycles. The van der Waals surface area contributed by atoms with Crippen molar-refractivity contribution in [2.45, 2.75) is 25.3 Å². The summed E-state index contributed by atoms with van der Waals surface area (Å²) in [4.78, 5) is 6.38. The Kier molecular flexibility index (Phi) is 4.90. The van der Waals surface area contributed by atoms with Gasteiger partial charge in [-0.2, -0.15) is 0 Å². The van der Waals surface area contributed by atoms with Crippen LogP contribution >= 0.6 is 12.4 Å². The average molecular weight is 388 g/mol. The van der Waals surface area contributed by atoms with E-state index in [0.717, 1.165) is 42.1 Å². The fraction of sp³-hybridized carbons (Fsp3) is 0.316. The Bertz CT molecular complexity index is 918. The van der Waals surface area contributed by atoms with Gasteiger partial charge < -0.3 is 4.74 Å². The summed E-state index contributed by atoms with van der Waals surface area (Å²) in [7, 11) is 0. The predicted octanol–water partition coefficient (Wildman–Crippen LogP) is 2.86. The quantitative estimate of drug-likeness (QED) is 0.691. The summed E-state index contributed by atoms with van der Waals surface area (Å²) in [5.41, 5.74) is 3.98. The zero-order valence-electron chi connectivity index (χ0n) is 14.5. The Morgan fingerprint density at radius 2 is 1.85 bits per heavy atom. The van der Waals surface area contributed by atoms with Crippen LogP contribution in [0.2, 0.25) is 0 Å². The minimum atomic E-state index is -0.205. The van der Waals surface area contributed by atoms with Gasteiger partial charge in [-0.25, -0.2) is 9.07 Å². The second-order valence-electron chi connectivity index (χ2n) is 6.80. The molecule has 2 atom stereocenters. The molecule has 0 radical (unpaired) electrons. The summed E-state index contributed by atoms with van der Waals surface area (Å²) in [6, 6.07) is 10.7. The normalized spacial score (nSPS) is 21.4. The monoisotopic (exact) mass is 387 g/mol. The number of halogens is 2. The van der Waals surface area contributed by atoms with Crippen LogP contribution in [-0.4, -0.2) is 44.1 Å². The summed E-state index contributed by atoms with van der Waals surface area (Å²) < 4.78 is 21.2. The number of ether oxygens (including phenoxy) is 1. The highest BCUT2D eigenvalue weighted by atomic mass is 35.5. The molecule has 0 saturated carbocycles. The second kappa shape index (κ2) is 7.34. The number of fused-ring (bicyclic) bond motifs is 3. The van der Waals surface area contributed by atoms with Crippen molar-refractivity contribution in [3.8, 4) is 11.3 Å². The van der Waals surface area contributed by atoms with Crippen molar-refractivity contribution in [3.63, 3.8) is 0 Å². The molecule has 0 N–H and O–H groups in total. The zero-order chi connectivity index (χ0) is 17.5. The van der Waals surface area contributed by atoms with E-state index in [4.69, 9.17) is 4.74 Å². The van der Waals surface area contributed by atoms with Gasteiger partial charge in [0.25, 0.3) is 0 Å². The molecule has 2 aliphatic rings. The van der Waals surface area contributed by atoms with E-state index in [0.29, 0.717) is 6.61 Å². The molecule has 2 aliphatic heterocycles. The van der Waals surface area contributed by atoms with E-state index in [1.54, 1.807) is 12.4 Å². The first-order valence-electron chi connectivity index (χ1n) is 8.71. The Morgan fingerprint density at radius 1 is 1.07 bits per heavy atom. The van der Waals surface area contributed by atoms with Crippen molar-refractivity contribution >= 4 is 12.4 Å². The molecule has 0 spiro atoms. The molecule has 2 aromatic heterocycles. The van der Waals surface area contributed by atoms with Crippen molar-refractivity contribution in [3.05, 3.63) is 65.9 Å². The molecule has 0 amide bonds. The average Bonchev–Trinajstić information content (AvgIpc) is 3.27. The fourth-order valence-electron chi connectivity index (χ4n) is 3.84. The molecule has 4 heterocycles. The van der Waals surface area contributed by atoms with Crippen LogP contribution in [0.25, 0.3) is 11.3 Å². The molecule has 6 nitrogen and oxygen atoms in total. The van der Waals surface area contributed by atoms with Crippen molar-refractivity contribution in [2.75, 3.05) is 13.1 Å². The molecule has 0 bridgehead atoms. The van der Waals surface area contributed by atoms with Gasteiger partial charge in [-0.3, -0.25) is 9.88 Å². The van der Waals surface area contributed by atoms with Gasteiger partial charge in [-0.1, -0.05) is 17.3 Å². The van der Waals surface area contributed by atoms with E-state index >= 15 is 0 Å². The molecule has 27 heavy (non-hydrogen) atoms. The molecule has 140 valence electrons. The SMILES string of the molecule is Cl.Fc1ccc(CN2C[C@@H]3OCc4c(-c5ccncc5)nnn4[C@@H]3C2)cc1. The Labute approximate surface area is 162 Å². The Hall–Kier alpha value is -2.35. The number of benzene rings is 1. The van der Waals surface area contributed by atoms with Crippen LogP contribution in [0.1, 0.15) is 17.3 Å². The summed E-state index contributed by atoms with van der Waals surface area (Å²) in [6.07, 6.45) is 3.62. The van der Waals surface area contributed by atoms with Crippen molar-refractivity contribution in [2.24, 2.45) is 0 Å². The van der Waals surface area contributed by atoms with Crippen molar-refractivity contribution in [1.82, 2.24) is 24.9 Å². The van der Waals surface area contributed by atoms with Crippen LogP contribution in [0.5, 0.6) is 0 Å². The van der Waals surface area contributed by atoms with Crippen molar-refractivity contribution in [1.29, 1.82) is 0 Å². The van der Waals surface area contributed by atoms with Gasteiger partial charge in [-0.05, 0) is 29.8 Å². The first-order chi connectivity index (χ1) is 12.8. The lowest BCUT2D eigenvalue weighted by Gasteiger charge is -2.26. The highest BCUT2D eigenvalue weighted by molar-refractivity contribution is 5.85. The van der Waals surface area contributed by atoms with Crippen LogP contribution < -0.4 is 0 Å². The van der Waals surface area contributed by atoms with Crippen LogP contribution in [-0.2, 0) is 17.9 Å². The minimum absolute atomic E-state index is 0. The smallest absolute Gasteiger partial charge is 0.123 e. The van der Waals surface area contributed by atoms with Crippen LogP contribution in [0, 0.1) is 5.82 Å².